The molecule has 2 aliphatic rings. The lowest BCUT2D eigenvalue weighted by molar-refractivity contribution is -0.0162. The molecule has 110 valence electrons. The normalized spacial score (nSPS) is 30.7. The lowest BCUT2D eigenvalue weighted by atomic mass is 9.75. The van der Waals surface area contributed by atoms with E-state index in [2.05, 4.69) is 0 Å². The Labute approximate surface area is 114 Å². The van der Waals surface area contributed by atoms with Crippen LogP contribution in [-0.4, -0.2) is 53.6 Å². The Balaban J connectivity index is 1.91. The summed E-state index contributed by atoms with van der Waals surface area (Å²) >= 11 is 0. The number of aliphatic hydroxyl groups excluding tert-OH is 1. The highest BCUT2D eigenvalue weighted by atomic mass is 16.6. The van der Waals surface area contributed by atoms with Gasteiger partial charge in [0.25, 0.3) is 0 Å². The van der Waals surface area contributed by atoms with Crippen LogP contribution in [0.1, 0.15) is 40.5 Å². The van der Waals surface area contributed by atoms with E-state index in [1.54, 1.807) is 4.90 Å². The van der Waals surface area contributed by atoms with Crippen molar-refractivity contribution < 1.29 is 19.4 Å². The van der Waals surface area contributed by atoms with Crippen LogP contribution in [0, 0.1) is 5.41 Å². The van der Waals surface area contributed by atoms with Crippen molar-refractivity contribution in [2.24, 2.45) is 5.41 Å². The number of carbonyl (C=O) groups is 1. The van der Waals surface area contributed by atoms with Crippen molar-refractivity contribution in [2.45, 2.75) is 58.3 Å². The average molecular weight is 271 g/mol. The number of likely N-dealkylation sites (tertiary alicyclic amines) is 1. The van der Waals surface area contributed by atoms with Gasteiger partial charge in [-0.05, 0) is 40.5 Å². The van der Waals surface area contributed by atoms with Gasteiger partial charge >= 0.3 is 6.09 Å². The number of hydrogen-bond acceptors (Lipinski definition) is 4. The molecule has 5 nitrogen and oxygen atoms in total. The van der Waals surface area contributed by atoms with Gasteiger partial charge in [-0.25, -0.2) is 4.79 Å². The van der Waals surface area contributed by atoms with E-state index < -0.39 is 11.7 Å². The molecule has 0 saturated carbocycles. The Morgan fingerprint density at radius 3 is 2.37 bits per heavy atom. The number of aliphatic hydroxyl groups is 1. The summed E-state index contributed by atoms with van der Waals surface area (Å²) in [6, 6.07) is 0. The number of rotatable bonds is 0. The topological polar surface area (TPSA) is 59.0 Å². The van der Waals surface area contributed by atoms with Crippen LogP contribution >= 0.6 is 0 Å². The molecule has 2 rings (SSSR count). The predicted octanol–water partition coefficient (Wildman–Crippen LogP) is 1.78. The van der Waals surface area contributed by atoms with Crippen LogP contribution in [0.4, 0.5) is 4.79 Å². The standard InChI is InChI=1S/C14H25NO4/c1-10-11(16)14(9-18-10)5-7-15(8-6-14)12(17)19-13(2,3)4/h10-11,16H,5-9H2,1-4H3/t10-,11-/m0/s1. The molecule has 0 aromatic heterocycles. The molecule has 2 atom stereocenters. The fourth-order valence-electron chi connectivity index (χ4n) is 2.87. The minimum atomic E-state index is -0.462. The summed E-state index contributed by atoms with van der Waals surface area (Å²) < 4.78 is 10.9. The fraction of sp³-hybridized carbons (Fsp3) is 0.929. The van der Waals surface area contributed by atoms with Crippen molar-refractivity contribution in [2.75, 3.05) is 19.7 Å². The number of amides is 1. The lowest BCUT2D eigenvalue weighted by Crippen LogP contribution is -2.49. The van der Waals surface area contributed by atoms with Crippen molar-refractivity contribution in [3.63, 3.8) is 0 Å². The highest BCUT2D eigenvalue weighted by molar-refractivity contribution is 5.68. The Bertz CT molecular complexity index is 342. The van der Waals surface area contributed by atoms with E-state index in [9.17, 15) is 9.90 Å². The van der Waals surface area contributed by atoms with E-state index in [-0.39, 0.29) is 17.6 Å². The van der Waals surface area contributed by atoms with Crippen LogP contribution in [0.2, 0.25) is 0 Å². The molecule has 5 heteroatoms. The molecule has 0 aliphatic carbocycles. The second-order valence-electron chi connectivity index (χ2n) is 6.79. The monoisotopic (exact) mass is 271 g/mol. The molecule has 0 bridgehead atoms. The van der Waals surface area contributed by atoms with Crippen molar-refractivity contribution in [1.82, 2.24) is 4.90 Å². The summed E-state index contributed by atoms with van der Waals surface area (Å²) in [7, 11) is 0. The molecule has 1 amide bonds. The molecule has 1 spiro atoms. The number of nitrogens with zero attached hydrogens (tertiary/aromatic N) is 1. The van der Waals surface area contributed by atoms with Gasteiger partial charge in [-0.15, -0.1) is 0 Å². The minimum Gasteiger partial charge on any atom is -0.444 e. The number of ether oxygens (including phenoxy) is 2. The van der Waals surface area contributed by atoms with E-state index in [1.165, 1.54) is 0 Å². The molecule has 0 radical (unpaired) electrons. The van der Waals surface area contributed by atoms with Crippen LogP contribution in [0.15, 0.2) is 0 Å². The zero-order chi connectivity index (χ0) is 14.3. The number of piperidine rings is 1. The first-order chi connectivity index (χ1) is 8.73. The van der Waals surface area contributed by atoms with Gasteiger partial charge in [-0.1, -0.05) is 0 Å². The first-order valence-corrected chi connectivity index (χ1v) is 7.01. The van der Waals surface area contributed by atoms with Crippen molar-refractivity contribution >= 4 is 6.09 Å². The molecule has 0 aromatic carbocycles. The van der Waals surface area contributed by atoms with Crippen LogP contribution in [0.3, 0.4) is 0 Å². The summed E-state index contributed by atoms with van der Waals surface area (Å²) in [6.07, 6.45) is 0.764. The maximum Gasteiger partial charge on any atom is 0.410 e. The Hall–Kier alpha value is -0.810. The molecule has 2 saturated heterocycles. The molecular formula is C14H25NO4. The first kappa shape index (κ1) is 14.6. The Morgan fingerprint density at radius 2 is 1.95 bits per heavy atom. The Morgan fingerprint density at radius 1 is 1.37 bits per heavy atom. The van der Waals surface area contributed by atoms with Crippen molar-refractivity contribution in [3.05, 3.63) is 0 Å². The molecule has 0 unspecified atom stereocenters. The zero-order valence-electron chi connectivity index (χ0n) is 12.3. The highest BCUT2D eigenvalue weighted by Crippen LogP contribution is 2.42. The largest absolute Gasteiger partial charge is 0.444 e. The third-order valence-corrected chi connectivity index (χ3v) is 4.12. The van der Waals surface area contributed by atoms with Crippen LogP contribution in [-0.2, 0) is 9.47 Å². The van der Waals surface area contributed by atoms with Crippen molar-refractivity contribution in [1.29, 1.82) is 0 Å². The summed E-state index contributed by atoms with van der Waals surface area (Å²) in [5.74, 6) is 0. The molecular weight excluding hydrogens is 246 g/mol. The molecule has 1 N–H and O–H groups in total. The van der Waals surface area contributed by atoms with Gasteiger partial charge in [0.15, 0.2) is 0 Å². The maximum absolute atomic E-state index is 12.0. The highest BCUT2D eigenvalue weighted by Gasteiger charge is 2.49. The molecule has 2 heterocycles. The first-order valence-electron chi connectivity index (χ1n) is 7.01. The summed E-state index contributed by atoms with van der Waals surface area (Å²) in [5.41, 5.74) is -0.630. The van der Waals surface area contributed by atoms with Gasteiger partial charge in [-0.2, -0.15) is 0 Å². The van der Waals surface area contributed by atoms with E-state index in [0.29, 0.717) is 19.7 Å². The number of hydrogen-bond donors (Lipinski definition) is 1. The minimum absolute atomic E-state index is 0.104. The third kappa shape index (κ3) is 3.03. The van der Waals surface area contributed by atoms with Crippen LogP contribution in [0.5, 0.6) is 0 Å². The van der Waals surface area contributed by atoms with Gasteiger partial charge in [0.05, 0.1) is 18.8 Å². The van der Waals surface area contributed by atoms with E-state index in [1.807, 2.05) is 27.7 Å². The lowest BCUT2D eigenvalue weighted by Gasteiger charge is -2.40. The summed E-state index contributed by atoms with van der Waals surface area (Å²) in [5, 5.41) is 10.2. The average Bonchev–Trinajstić information content (AvgIpc) is 2.57. The Kier molecular flexibility index (Phi) is 3.80. The van der Waals surface area contributed by atoms with E-state index in [4.69, 9.17) is 9.47 Å². The second-order valence-corrected chi connectivity index (χ2v) is 6.79. The zero-order valence-corrected chi connectivity index (χ0v) is 12.3. The molecule has 19 heavy (non-hydrogen) atoms. The van der Waals surface area contributed by atoms with Gasteiger partial charge in [0.2, 0.25) is 0 Å². The summed E-state index contributed by atoms with van der Waals surface area (Å²) in [6.45, 7) is 9.35. The van der Waals surface area contributed by atoms with Gasteiger partial charge in [0.1, 0.15) is 5.60 Å². The van der Waals surface area contributed by atoms with Crippen LogP contribution < -0.4 is 0 Å². The van der Waals surface area contributed by atoms with Gasteiger partial charge < -0.3 is 19.5 Å². The summed E-state index contributed by atoms with van der Waals surface area (Å²) in [4.78, 5) is 13.7. The molecule has 0 aromatic rings. The fourth-order valence-corrected chi connectivity index (χ4v) is 2.87. The quantitative estimate of drug-likeness (QED) is 0.729. The second kappa shape index (κ2) is 4.94. The molecule has 2 aliphatic heterocycles. The van der Waals surface area contributed by atoms with Crippen molar-refractivity contribution in [3.8, 4) is 0 Å². The van der Waals surface area contributed by atoms with E-state index >= 15 is 0 Å². The third-order valence-electron chi connectivity index (χ3n) is 4.12. The smallest absolute Gasteiger partial charge is 0.410 e. The number of carbonyl (C=O) groups excluding carboxylic acids is 1. The van der Waals surface area contributed by atoms with Gasteiger partial charge in [0, 0.05) is 18.5 Å². The SMILES string of the molecule is C[C@@H]1OCC2(CCN(C(=O)OC(C)(C)C)CC2)[C@H]1O. The van der Waals surface area contributed by atoms with Crippen LogP contribution in [0.25, 0.3) is 0 Å². The maximum atomic E-state index is 12.0. The molecule has 2 fully saturated rings. The van der Waals surface area contributed by atoms with E-state index in [0.717, 1.165) is 12.8 Å². The predicted molar refractivity (Wildman–Crippen MR) is 70.9 cm³/mol. The van der Waals surface area contributed by atoms with Gasteiger partial charge in [-0.3, -0.25) is 0 Å².